The molecule has 0 spiro atoms. The topological polar surface area (TPSA) is 32.3 Å². The van der Waals surface area contributed by atoms with Gasteiger partial charge < -0.3 is 10.4 Å². The zero-order valence-electron chi connectivity index (χ0n) is 10.2. The number of likely N-dealkylation sites (N-methyl/N-ethyl adjacent to an activating group) is 1. The van der Waals surface area contributed by atoms with Crippen molar-refractivity contribution in [2.24, 2.45) is 0 Å². The summed E-state index contributed by atoms with van der Waals surface area (Å²) < 4.78 is 0. The normalized spacial score (nSPS) is 26.2. The van der Waals surface area contributed by atoms with Crippen molar-refractivity contribution in [1.82, 2.24) is 5.32 Å². The molecule has 88 valence electrons. The number of hydrogen-bond donors (Lipinski definition) is 2. The summed E-state index contributed by atoms with van der Waals surface area (Å²) in [6.45, 7) is 5.05. The minimum atomic E-state index is -0.690. The summed E-state index contributed by atoms with van der Waals surface area (Å²) in [5, 5.41) is 14.2. The van der Waals surface area contributed by atoms with E-state index in [0.29, 0.717) is 0 Å². The predicted octanol–water partition coefficient (Wildman–Crippen LogP) is 2.21. The van der Waals surface area contributed by atoms with Gasteiger partial charge in [0, 0.05) is 6.04 Å². The van der Waals surface area contributed by atoms with Crippen LogP contribution in [0.25, 0.3) is 0 Å². The Labute approximate surface area is 97.7 Å². The van der Waals surface area contributed by atoms with Crippen LogP contribution in [0.4, 0.5) is 0 Å². The lowest BCUT2D eigenvalue weighted by atomic mass is 9.75. The Morgan fingerprint density at radius 2 is 2.19 bits per heavy atom. The molecule has 0 saturated carbocycles. The van der Waals surface area contributed by atoms with Gasteiger partial charge in [-0.05, 0) is 43.9 Å². The molecule has 2 rings (SSSR count). The maximum atomic E-state index is 10.9. The molecule has 0 bridgehead atoms. The van der Waals surface area contributed by atoms with E-state index in [1.165, 1.54) is 5.56 Å². The molecule has 1 aromatic rings. The van der Waals surface area contributed by atoms with Crippen molar-refractivity contribution in [2.75, 3.05) is 6.54 Å². The highest BCUT2D eigenvalue weighted by atomic mass is 16.3. The van der Waals surface area contributed by atoms with Gasteiger partial charge in [0.1, 0.15) is 5.60 Å². The van der Waals surface area contributed by atoms with E-state index in [1.54, 1.807) is 0 Å². The molecule has 2 atom stereocenters. The fourth-order valence-electron chi connectivity index (χ4n) is 2.77. The first-order valence-electron chi connectivity index (χ1n) is 6.22. The molecule has 16 heavy (non-hydrogen) atoms. The van der Waals surface area contributed by atoms with E-state index in [9.17, 15) is 5.11 Å². The molecule has 2 N–H and O–H groups in total. The third-order valence-corrected chi connectivity index (χ3v) is 3.71. The molecule has 2 unspecified atom stereocenters. The molecule has 0 aromatic heterocycles. The van der Waals surface area contributed by atoms with Gasteiger partial charge in [-0.3, -0.25) is 0 Å². The average molecular weight is 219 g/mol. The van der Waals surface area contributed by atoms with Gasteiger partial charge in [-0.15, -0.1) is 0 Å². The van der Waals surface area contributed by atoms with Crippen molar-refractivity contribution in [2.45, 2.75) is 44.8 Å². The van der Waals surface area contributed by atoms with Gasteiger partial charge in [-0.1, -0.05) is 31.2 Å². The average Bonchev–Trinajstić information content (AvgIpc) is 2.30. The Morgan fingerprint density at radius 3 is 2.94 bits per heavy atom. The molecule has 1 aromatic carbocycles. The summed E-state index contributed by atoms with van der Waals surface area (Å²) in [4.78, 5) is 0. The molecule has 0 fully saturated rings. The third kappa shape index (κ3) is 1.87. The molecule has 0 heterocycles. The number of fused-ring (bicyclic) bond motifs is 1. The fraction of sp³-hybridized carbons (Fsp3) is 0.571. The van der Waals surface area contributed by atoms with Gasteiger partial charge in [0.05, 0.1) is 0 Å². The summed E-state index contributed by atoms with van der Waals surface area (Å²) in [5.41, 5.74) is 1.74. The number of aliphatic hydroxyl groups is 1. The Bertz CT molecular complexity index is 364. The third-order valence-electron chi connectivity index (χ3n) is 3.71. The summed E-state index contributed by atoms with van der Waals surface area (Å²) in [6, 6.07) is 8.40. The Hall–Kier alpha value is -0.860. The summed E-state index contributed by atoms with van der Waals surface area (Å²) in [7, 11) is 0. The maximum absolute atomic E-state index is 10.9. The van der Waals surface area contributed by atoms with Crippen LogP contribution in [0.5, 0.6) is 0 Å². The van der Waals surface area contributed by atoms with Crippen LogP contribution in [0, 0.1) is 0 Å². The first-order chi connectivity index (χ1) is 7.68. The van der Waals surface area contributed by atoms with Crippen LogP contribution in [0.1, 0.15) is 37.8 Å². The fourth-order valence-corrected chi connectivity index (χ4v) is 2.77. The minimum Gasteiger partial charge on any atom is -0.384 e. The molecule has 1 aliphatic carbocycles. The molecule has 2 heteroatoms. The Morgan fingerprint density at radius 1 is 1.44 bits per heavy atom. The van der Waals surface area contributed by atoms with E-state index < -0.39 is 5.60 Å². The van der Waals surface area contributed by atoms with Gasteiger partial charge in [0.25, 0.3) is 0 Å². The molecule has 2 nitrogen and oxygen atoms in total. The number of aryl methyl sites for hydroxylation is 1. The zero-order chi connectivity index (χ0) is 11.6. The van der Waals surface area contributed by atoms with Crippen LogP contribution in [-0.2, 0) is 12.0 Å². The molecular weight excluding hydrogens is 198 g/mol. The highest BCUT2D eigenvalue weighted by molar-refractivity contribution is 5.35. The second-order valence-corrected chi connectivity index (χ2v) is 4.71. The van der Waals surface area contributed by atoms with Crippen LogP contribution >= 0.6 is 0 Å². The van der Waals surface area contributed by atoms with Crippen LogP contribution in [0.15, 0.2) is 24.3 Å². The Kier molecular flexibility index (Phi) is 3.31. The second kappa shape index (κ2) is 4.56. The predicted molar refractivity (Wildman–Crippen MR) is 66.4 cm³/mol. The van der Waals surface area contributed by atoms with Gasteiger partial charge >= 0.3 is 0 Å². The number of nitrogens with one attached hydrogen (secondary N) is 1. The van der Waals surface area contributed by atoms with Crippen molar-refractivity contribution in [3.8, 4) is 0 Å². The van der Waals surface area contributed by atoms with Crippen molar-refractivity contribution < 1.29 is 5.11 Å². The van der Waals surface area contributed by atoms with Gasteiger partial charge in [0.2, 0.25) is 0 Å². The first kappa shape index (κ1) is 11.6. The van der Waals surface area contributed by atoms with Crippen molar-refractivity contribution in [3.05, 3.63) is 35.4 Å². The second-order valence-electron chi connectivity index (χ2n) is 4.71. The molecule has 0 radical (unpaired) electrons. The van der Waals surface area contributed by atoms with Crippen molar-refractivity contribution in [1.29, 1.82) is 0 Å². The van der Waals surface area contributed by atoms with Gasteiger partial charge in [-0.2, -0.15) is 0 Å². The quantitative estimate of drug-likeness (QED) is 0.817. The molecule has 1 aliphatic rings. The molecule has 0 saturated heterocycles. The zero-order valence-corrected chi connectivity index (χ0v) is 10.2. The smallest absolute Gasteiger partial charge is 0.105 e. The van der Waals surface area contributed by atoms with Gasteiger partial charge in [0.15, 0.2) is 0 Å². The van der Waals surface area contributed by atoms with E-state index in [-0.39, 0.29) is 6.04 Å². The minimum absolute atomic E-state index is 0.110. The lowest BCUT2D eigenvalue weighted by Gasteiger charge is -2.39. The van der Waals surface area contributed by atoms with Crippen LogP contribution in [0.2, 0.25) is 0 Å². The van der Waals surface area contributed by atoms with Crippen molar-refractivity contribution >= 4 is 0 Å². The first-order valence-corrected chi connectivity index (χ1v) is 6.22. The summed E-state index contributed by atoms with van der Waals surface area (Å²) in [5.74, 6) is 0. The highest BCUT2D eigenvalue weighted by Crippen LogP contribution is 2.37. The van der Waals surface area contributed by atoms with E-state index in [4.69, 9.17) is 0 Å². The standard InChI is InChI=1S/C14H21NO/c1-3-15-11(2)14(16)10-6-8-12-7-4-5-9-13(12)14/h4-5,7,9,11,15-16H,3,6,8,10H2,1-2H3. The molecular formula is C14H21NO. The number of hydrogen-bond acceptors (Lipinski definition) is 2. The van der Waals surface area contributed by atoms with Gasteiger partial charge in [-0.25, -0.2) is 0 Å². The van der Waals surface area contributed by atoms with E-state index in [0.717, 1.165) is 31.4 Å². The number of rotatable bonds is 3. The van der Waals surface area contributed by atoms with Crippen LogP contribution in [0.3, 0.4) is 0 Å². The largest absolute Gasteiger partial charge is 0.384 e. The lowest BCUT2D eigenvalue weighted by molar-refractivity contribution is -0.0130. The van der Waals surface area contributed by atoms with E-state index >= 15 is 0 Å². The molecule has 0 aliphatic heterocycles. The lowest BCUT2D eigenvalue weighted by Crippen LogP contribution is -2.48. The van der Waals surface area contributed by atoms with Crippen molar-refractivity contribution in [3.63, 3.8) is 0 Å². The van der Waals surface area contributed by atoms with Crippen LogP contribution in [-0.4, -0.2) is 17.7 Å². The number of benzene rings is 1. The summed E-state index contributed by atoms with van der Waals surface area (Å²) in [6.07, 6.45) is 3.03. The Balaban J connectivity index is 2.36. The van der Waals surface area contributed by atoms with E-state index in [1.807, 2.05) is 6.07 Å². The SMILES string of the molecule is CCNC(C)C1(O)CCCc2ccccc21. The molecule has 0 amide bonds. The highest BCUT2D eigenvalue weighted by Gasteiger charge is 2.38. The van der Waals surface area contributed by atoms with E-state index in [2.05, 4.69) is 37.4 Å². The summed E-state index contributed by atoms with van der Waals surface area (Å²) >= 11 is 0. The maximum Gasteiger partial charge on any atom is 0.105 e. The monoisotopic (exact) mass is 219 g/mol. The van der Waals surface area contributed by atoms with Crippen LogP contribution < -0.4 is 5.32 Å².